The van der Waals surface area contributed by atoms with Crippen LogP contribution in [0.5, 0.6) is 0 Å². The first-order valence-electron chi connectivity index (χ1n) is 16.4. The molecule has 1 aromatic heterocycles. The van der Waals surface area contributed by atoms with Crippen molar-refractivity contribution in [3.8, 4) is 33.6 Å². The van der Waals surface area contributed by atoms with Crippen molar-refractivity contribution < 1.29 is 18.7 Å². The largest absolute Gasteiger partial charge is 0.467 e. The summed E-state index contributed by atoms with van der Waals surface area (Å²) in [5.74, 6) is 1.63. The van der Waals surface area contributed by atoms with E-state index in [-0.39, 0.29) is 11.9 Å². The SMILES string of the molecule is COC(=O)[C@H](CCSC)NC(=O)c1ccc(CN(Cc2cc(-c3ccccc3)c(-c3ccc(Cl)cc3)o2)C(C)C)cc1-c1ccccc1C. The van der Waals surface area contributed by atoms with Crippen LogP contribution in [0.25, 0.3) is 33.6 Å². The molecule has 5 aromatic rings. The highest BCUT2D eigenvalue weighted by atomic mass is 35.5. The smallest absolute Gasteiger partial charge is 0.328 e. The van der Waals surface area contributed by atoms with Crippen LogP contribution < -0.4 is 5.32 Å². The van der Waals surface area contributed by atoms with E-state index in [2.05, 4.69) is 48.3 Å². The number of halogens is 1. The van der Waals surface area contributed by atoms with Crippen LogP contribution >= 0.6 is 23.4 Å². The zero-order chi connectivity index (χ0) is 34.9. The quantitative estimate of drug-likeness (QED) is 0.117. The molecule has 1 heterocycles. The number of nitrogens with one attached hydrogen (secondary N) is 1. The van der Waals surface area contributed by atoms with Crippen LogP contribution in [0.2, 0.25) is 5.02 Å². The number of esters is 1. The number of hydrogen-bond acceptors (Lipinski definition) is 6. The fourth-order valence-electron chi connectivity index (χ4n) is 5.87. The standard InChI is InChI=1S/C41H43ClN2O4S/c1-27(2)44(26-33-24-36(30-12-7-6-8-13-30)39(48-33)31-16-18-32(42)19-17-31)25-29-15-20-35(37(23-29)34-14-10-9-11-28(34)3)40(45)43-38(21-22-49-5)41(46)47-4/h6-20,23-24,27,38H,21-22,25-26H2,1-5H3,(H,43,45)/t38-/m0/s1. The van der Waals surface area contributed by atoms with Gasteiger partial charge >= 0.3 is 5.97 Å². The molecule has 0 saturated heterocycles. The average molecular weight is 695 g/mol. The number of thioether (sulfide) groups is 1. The number of rotatable bonds is 14. The minimum atomic E-state index is -0.724. The number of methoxy groups -OCH3 is 1. The van der Waals surface area contributed by atoms with Crippen molar-refractivity contribution in [3.05, 3.63) is 131 Å². The molecule has 0 radical (unpaired) electrons. The van der Waals surface area contributed by atoms with E-state index < -0.39 is 12.0 Å². The summed E-state index contributed by atoms with van der Waals surface area (Å²) < 4.78 is 11.6. The maximum atomic E-state index is 13.8. The van der Waals surface area contributed by atoms with Gasteiger partial charge in [0, 0.05) is 34.3 Å². The summed E-state index contributed by atoms with van der Waals surface area (Å²) in [5.41, 5.74) is 7.49. The summed E-state index contributed by atoms with van der Waals surface area (Å²) in [4.78, 5) is 28.6. The molecule has 49 heavy (non-hydrogen) atoms. The topological polar surface area (TPSA) is 71.8 Å². The van der Waals surface area contributed by atoms with Gasteiger partial charge in [-0.05, 0) is 109 Å². The molecule has 254 valence electrons. The zero-order valence-electron chi connectivity index (χ0n) is 28.7. The third kappa shape index (κ3) is 9.04. The zero-order valence-corrected chi connectivity index (χ0v) is 30.2. The molecule has 1 atom stereocenters. The highest BCUT2D eigenvalue weighted by molar-refractivity contribution is 7.98. The first-order valence-corrected chi connectivity index (χ1v) is 18.2. The molecule has 8 heteroatoms. The lowest BCUT2D eigenvalue weighted by Crippen LogP contribution is -2.42. The Kier molecular flexibility index (Phi) is 12.4. The number of furan rings is 1. The summed E-state index contributed by atoms with van der Waals surface area (Å²) in [7, 11) is 1.35. The molecule has 5 rings (SSSR count). The minimum Gasteiger partial charge on any atom is -0.467 e. The van der Waals surface area contributed by atoms with Crippen LogP contribution in [-0.2, 0) is 22.6 Å². The van der Waals surface area contributed by atoms with Crippen LogP contribution in [0, 0.1) is 6.92 Å². The predicted octanol–water partition coefficient (Wildman–Crippen LogP) is 9.68. The number of nitrogens with zero attached hydrogens (tertiary/aromatic N) is 1. The monoisotopic (exact) mass is 694 g/mol. The second kappa shape index (κ2) is 16.9. The van der Waals surface area contributed by atoms with Gasteiger partial charge < -0.3 is 14.5 Å². The highest BCUT2D eigenvalue weighted by Crippen LogP contribution is 2.37. The molecule has 0 spiro atoms. The van der Waals surface area contributed by atoms with Gasteiger partial charge in [0.1, 0.15) is 17.6 Å². The van der Waals surface area contributed by atoms with Crippen molar-refractivity contribution in [2.75, 3.05) is 19.1 Å². The molecule has 0 fully saturated rings. The van der Waals surface area contributed by atoms with Gasteiger partial charge in [-0.2, -0.15) is 11.8 Å². The third-order valence-electron chi connectivity index (χ3n) is 8.61. The maximum Gasteiger partial charge on any atom is 0.328 e. The number of carbonyl (C=O) groups is 2. The van der Waals surface area contributed by atoms with Crippen LogP contribution in [0.15, 0.2) is 108 Å². The maximum absolute atomic E-state index is 13.8. The molecule has 0 aliphatic carbocycles. The molecule has 4 aromatic carbocycles. The van der Waals surface area contributed by atoms with Crippen LogP contribution in [0.1, 0.15) is 47.5 Å². The van der Waals surface area contributed by atoms with Gasteiger partial charge in [-0.3, -0.25) is 9.69 Å². The molecule has 0 saturated carbocycles. The Hall–Kier alpha value is -4.30. The fraction of sp³-hybridized carbons (Fsp3) is 0.268. The number of carbonyl (C=O) groups excluding carboxylic acids is 2. The van der Waals surface area contributed by atoms with Crippen molar-refractivity contribution in [3.63, 3.8) is 0 Å². The molecule has 0 aliphatic heterocycles. The van der Waals surface area contributed by atoms with Gasteiger partial charge in [-0.25, -0.2) is 4.79 Å². The molecule has 0 bridgehead atoms. The van der Waals surface area contributed by atoms with Crippen molar-refractivity contribution >= 4 is 35.2 Å². The van der Waals surface area contributed by atoms with Gasteiger partial charge in [0.15, 0.2) is 0 Å². The second-order valence-corrected chi connectivity index (χ2v) is 13.8. The normalized spacial score (nSPS) is 11.9. The average Bonchev–Trinajstić information content (AvgIpc) is 3.54. The summed E-state index contributed by atoms with van der Waals surface area (Å²) in [6.45, 7) is 7.61. The summed E-state index contributed by atoms with van der Waals surface area (Å²) in [6, 6.07) is 33.6. The second-order valence-electron chi connectivity index (χ2n) is 12.4. The Morgan fingerprint density at radius 2 is 1.57 bits per heavy atom. The van der Waals surface area contributed by atoms with E-state index in [1.807, 2.05) is 92.0 Å². The molecular formula is C41H43ClN2O4S. The van der Waals surface area contributed by atoms with E-state index in [0.717, 1.165) is 56.2 Å². The first kappa shape index (κ1) is 36.0. The van der Waals surface area contributed by atoms with E-state index in [1.165, 1.54) is 7.11 Å². The summed E-state index contributed by atoms with van der Waals surface area (Å²) in [6.07, 6.45) is 2.46. The first-order chi connectivity index (χ1) is 23.7. The number of aryl methyl sites for hydroxylation is 1. The molecular weight excluding hydrogens is 652 g/mol. The molecule has 0 unspecified atom stereocenters. The van der Waals surface area contributed by atoms with Crippen LogP contribution in [-0.4, -0.2) is 48.0 Å². The highest BCUT2D eigenvalue weighted by Gasteiger charge is 2.25. The third-order valence-corrected chi connectivity index (χ3v) is 9.51. The number of hydrogen-bond donors (Lipinski definition) is 1. The number of amides is 1. The fourth-order valence-corrected chi connectivity index (χ4v) is 6.47. The van der Waals surface area contributed by atoms with E-state index >= 15 is 0 Å². The van der Waals surface area contributed by atoms with Gasteiger partial charge in [0.2, 0.25) is 0 Å². The van der Waals surface area contributed by atoms with Crippen molar-refractivity contribution in [2.24, 2.45) is 0 Å². The lowest BCUT2D eigenvalue weighted by atomic mass is 9.93. The number of ether oxygens (including phenoxy) is 1. The van der Waals surface area contributed by atoms with Crippen LogP contribution in [0.3, 0.4) is 0 Å². The Balaban J connectivity index is 1.47. The van der Waals surface area contributed by atoms with Gasteiger partial charge in [0.05, 0.1) is 13.7 Å². The Bertz CT molecular complexity index is 1870. The van der Waals surface area contributed by atoms with Crippen molar-refractivity contribution in [1.29, 1.82) is 0 Å². The Morgan fingerprint density at radius 3 is 2.24 bits per heavy atom. The van der Waals surface area contributed by atoms with Gasteiger partial charge in [0.25, 0.3) is 5.91 Å². The van der Waals surface area contributed by atoms with Gasteiger partial charge in [-0.1, -0.05) is 72.3 Å². The molecule has 6 nitrogen and oxygen atoms in total. The van der Waals surface area contributed by atoms with E-state index in [4.69, 9.17) is 20.8 Å². The van der Waals surface area contributed by atoms with Crippen molar-refractivity contribution in [2.45, 2.75) is 52.4 Å². The summed E-state index contributed by atoms with van der Waals surface area (Å²) >= 11 is 7.83. The van der Waals surface area contributed by atoms with Gasteiger partial charge in [-0.15, -0.1) is 0 Å². The van der Waals surface area contributed by atoms with Crippen LogP contribution in [0.4, 0.5) is 0 Å². The molecule has 0 aliphatic rings. The van der Waals surface area contributed by atoms with Crippen molar-refractivity contribution in [1.82, 2.24) is 10.2 Å². The Labute approximate surface area is 298 Å². The van der Waals surface area contributed by atoms with E-state index in [1.54, 1.807) is 11.8 Å². The predicted molar refractivity (Wildman–Crippen MR) is 202 cm³/mol. The lowest BCUT2D eigenvalue weighted by Gasteiger charge is -2.26. The van der Waals surface area contributed by atoms with E-state index in [9.17, 15) is 9.59 Å². The summed E-state index contributed by atoms with van der Waals surface area (Å²) in [5, 5.41) is 3.62. The molecule has 1 N–H and O–H groups in total. The lowest BCUT2D eigenvalue weighted by molar-refractivity contribution is -0.142. The Morgan fingerprint density at radius 1 is 0.857 bits per heavy atom. The molecule has 1 amide bonds. The van der Waals surface area contributed by atoms with E-state index in [0.29, 0.717) is 30.1 Å². The minimum absolute atomic E-state index is 0.200. The number of benzene rings is 4.